The Morgan fingerprint density at radius 1 is 1.60 bits per heavy atom. The molecular weight excluding hydrogens is 126 g/mol. The molecule has 1 aliphatic rings. The number of hydrogen-bond donors (Lipinski definition) is 1. The maximum absolute atomic E-state index is 10.5. The molecule has 0 saturated heterocycles. The van der Waals surface area contributed by atoms with Gasteiger partial charge in [-0.25, -0.2) is 0 Å². The zero-order chi connectivity index (χ0) is 7.61. The van der Waals surface area contributed by atoms with Crippen molar-refractivity contribution in [1.29, 1.82) is 0 Å². The zero-order valence-electron chi connectivity index (χ0n) is 6.74. The molecule has 58 valence electrons. The monoisotopic (exact) mass is 141 g/mol. The first-order valence-electron chi connectivity index (χ1n) is 3.83. The van der Waals surface area contributed by atoms with Gasteiger partial charge in [-0.3, -0.25) is 4.79 Å². The number of ketones is 1. The van der Waals surface area contributed by atoms with Crippen LogP contribution in [0.15, 0.2) is 0 Å². The molecule has 0 aromatic heterocycles. The first-order valence-corrected chi connectivity index (χ1v) is 3.83. The van der Waals surface area contributed by atoms with Crippen molar-refractivity contribution in [1.82, 2.24) is 5.32 Å². The van der Waals surface area contributed by atoms with Gasteiger partial charge in [0, 0.05) is 6.54 Å². The first kappa shape index (κ1) is 7.73. The Morgan fingerprint density at radius 3 is 2.60 bits per heavy atom. The van der Waals surface area contributed by atoms with Gasteiger partial charge in [0.15, 0.2) is 0 Å². The second-order valence-corrected chi connectivity index (χ2v) is 3.62. The third kappa shape index (κ3) is 2.48. The van der Waals surface area contributed by atoms with Crippen LogP contribution in [-0.2, 0) is 4.79 Å². The minimum Gasteiger partial charge on any atom is -0.309 e. The van der Waals surface area contributed by atoms with Gasteiger partial charge in [-0.05, 0) is 25.2 Å². The van der Waals surface area contributed by atoms with Crippen molar-refractivity contribution >= 4 is 5.78 Å². The maximum Gasteiger partial charge on any atom is 0.143 e. The highest BCUT2D eigenvalue weighted by molar-refractivity contribution is 5.77. The van der Waals surface area contributed by atoms with Gasteiger partial charge in [0.1, 0.15) is 5.78 Å². The molecule has 2 heteroatoms. The summed E-state index contributed by atoms with van der Waals surface area (Å²) in [7, 11) is 0. The Bertz CT molecular complexity index is 138. The van der Waals surface area contributed by atoms with Crippen molar-refractivity contribution < 1.29 is 4.79 Å². The summed E-state index contributed by atoms with van der Waals surface area (Å²) in [6, 6.07) is 0. The second kappa shape index (κ2) is 2.70. The van der Waals surface area contributed by atoms with Crippen LogP contribution in [0.3, 0.4) is 0 Å². The molecular formula is C8H15NO. The van der Waals surface area contributed by atoms with Gasteiger partial charge in [-0.1, -0.05) is 6.92 Å². The van der Waals surface area contributed by atoms with Crippen LogP contribution in [0.25, 0.3) is 0 Å². The number of Topliss-reactive ketones (excluding diaryl/α,β-unsaturated/α-hetero) is 1. The van der Waals surface area contributed by atoms with Gasteiger partial charge in [0.25, 0.3) is 0 Å². The summed E-state index contributed by atoms with van der Waals surface area (Å²) in [5.74, 6) is 0.226. The third-order valence-electron chi connectivity index (χ3n) is 2.03. The van der Waals surface area contributed by atoms with E-state index in [9.17, 15) is 4.79 Å². The fraction of sp³-hybridized carbons (Fsp3) is 0.875. The van der Waals surface area contributed by atoms with Gasteiger partial charge in [0.05, 0.1) is 6.54 Å². The van der Waals surface area contributed by atoms with E-state index in [0.717, 1.165) is 6.54 Å². The lowest BCUT2D eigenvalue weighted by Gasteiger charge is -2.07. The highest BCUT2D eigenvalue weighted by atomic mass is 16.1. The summed E-state index contributed by atoms with van der Waals surface area (Å²) >= 11 is 0. The standard InChI is InChI=1S/C8H15NO/c1-7(10)5-9-6-8(2)3-4-8/h9H,3-6H2,1-2H3. The van der Waals surface area contributed by atoms with Crippen LogP contribution in [0.4, 0.5) is 0 Å². The number of rotatable bonds is 4. The Hall–Kier alpha value is -0.370. The molecule has 1 rings (SSSR count). The predicted molar refractivity (Wildman–Crippen MR) is 40.9 cm³/mol. The Balaban J connectivity index is 2.00. The lowest BCUT2D eigenvalue weighted by molar-refractivity contribution is -0.116. The molecule has 0 spiro atoms. The van der Waals surface area contributed by atoms with Crippen molar-refractivity contribution in [3.8, 4) is 0 Å². The van der Waals surface area contributed by atoms with E-state index in [2.05, 4.69) is 12.2 Å². The zero-order valence-corrected chi connectivity index (χ0v) is 6.74. The van der Waals surface area contributed by atoms with Crippen molar-refractivity contribution in [2.75, 3.05) is 13.1 Å². The summed E-state index contributed by atoms with van der Waals surface area (Å²) in [4.78, 5) is 10.5. The third-order valence-corrected chi connectivity index (χ3v) is 2.03. The molecule has 0 bridgehead atoms. The van der Waals surface area contributed by atoms with Gasteiger partial charge in [-0.2, -0.15) is 0 Å². The predicted octanol–water partition coefficient (Wildman–Crippen LogP) is 0.965. The van der Waals surface area contributed by atoms with Crippen LogP contribution in [0.1, 0.15) is 26.7 Å². The van der Waals surface area contributed by atoms with Crippen LogP contribution in [0.2, 0.25) is 0 Å². The second-order valence-electron chi connectivity index (χ2n) is 3.62. The lowest BCUT2D eigenvalue weighted by atomic mass is 10.1. The van der Waals surface area contributed by atoms with Gasteiger partial charge >= 0.3 is 0 Å². The van der Waals surface area contributed by atoms with Crippen LogP contribution >= 0.6 is 0 Å². The molecule has 0 unspecified atom stereocenters. The highest BCUT2D eigenvalue weighted by Gasteiger charge is 2.36. The molecule has 0 aromatic rings. The molecule has 0 radical (unpaired) electrons. The van der Waals surface area contributed by atoms with E-state index in [1.54, 1.807) is 6.92 Å². The summed E-state index contributed by atoms with van der Waals surface area (Å²) in [6.45, 7) is 5.41. The summed E-state index contributed by atoms with van der Waals surface area (Å²) < 4.78 is 0. The number of carbonyl (C=O) groups is 1. The fourth-order valence-electron chi connectivity index (χ4n) is 0.930. The Labute approximate surface area is 62.0 Å². The molecule has 0 aliphatic heterocycles. The van der Waals surface area contributed by atoms with E-state index in [-0.39, 0.29) is 5.78 Å². The summed E-state index contributed by atoms with van der Waals surface area (Å²) in [6.07, 6.45) is 2.63. The average molecular weight is 141 g/mol. The van der Waals surface area contributed by atoms with Crippen molar-refractivity contribution in [3.05, 3.63) is 0 Å². The highest BCUT2D eigenvalue weighted by Crippen LogP contribution is 2.43. The quantitative estimate of drug-likeness (QED) is 0.632. The molecule has 0 heterocycles. The SMILES string of the molecule is CC(=O)CNCC1(C)CC1. The van der Waals surface area contributed by atoms with Crippen LogP contribution < -0.4 is 5.32 Å². The number of hydrogen-bond acceptors (Lipinski definition) is 2. The molecule has 0 atom stereocenters. The van der Waals surface area contributed by atoms with Gasteiger partial charge < -0.3 is 5.32 Å². The summed E-state index contributed by atoms with van der Waals surface area (Å²) in [5.41, 5.74) is 0.523. The molecule has 2 nitrogen and oxygen atoms in total. The molecule has 10 heavy (non-hydrogen) atoms. The Morgan fingerprint density at radius 2 is 2.20 bits per heavy atom. The molecule has 1 saturated carbocycles. The smallest absolute Gasteiger partial charge is 0.143 e. The minimum absolute atomic E-state index is 0.226. The largest absolute Gasteiger partial charge is 0.309 e. The average Bonchev–Trinajstić information content (AvgIpc) is 2.47. The van der Waals surface area contributed by atoms with E-state index < -0.39 is 0 Å². The van der Waals surface area contributed by atoms with Crippen molar-refractivity contribution in [2.45, 2.75) is 26.7 Å². The summed E-state index contributed by atoms with van der Waals surface area (Å²) in [5, 5.41) is 3.14. The van der Waals surface area contributed by atoms with Crippen molar-refractivity contribution in [2.24, 2.45) is 5.41 Å². The maximum atomic E-state index is 10.5. The molecule has 1 aliphatic carbocycles. The molecule has 1 fully saturated rings. The Kier molecular flexibility index (Phi) is 2.09. The van der Waals surface area contributed by atoms with Gasteiger partial charge in [-0.15, -0.1) is 0 Å². The minimum atomic E-state index is 0.226. The molecule has 1 N–H and O–H groups in total. The van der Waals surface area contributed by atoms with Crippen molar-refractivity contribution in [3.63, 3.8) is 0 Å². The van der Waals surface area contributed by atoms with E-state index in [4.69, 9.17) is 0 Å². The van der Waals surface area contributed by atoms with E-state index in [1.165, 1.54) is 12.8 Å². The van der Waals surface area contributed by atoms with Crippen LogP contribution in [0, 0.1) is 5.41 Å². The van der Waals surface area contributed by atoms with E-state index in [0.29, 0.717) is 12.0 Å². The van der Waals surface area contributed by atoms with E-state index >= 15 is 0 Å². The van der Waals surface area contributed by atoms with Crippen LogP contribution in [-0.4, -0.2) is 18.9 Å². The topological polar surface area (TPSA) is 29.1 Å². The van der Waals surface area contributed by atoms with Gasteiger partial charge in [0.2, 0.25) is 0 Å². The van der Waals surface area contributed by atoms with Crippen LogP contribution in [0.5, 0.6) is 0 Å². The fourth-order valence-corrected chi connectivity index (χ4v) is 0.930. The number of nitrogens with one attached hydrogen (secondary N) is 1. The molecule has 0 amide bonds. The molecule has 0 aromatic carbocycles. The first-order chi connectivity index (χ1) is 4.62. The lowest BCUT2D eigenvalue weighted by Crippen LogP contribution is -2.26. The van der Waals surface area contributed by atoms with E-state index in [1.807, 2.05) is 0 Å². The normalized spacial score (nSPS) is 20.6. The number of carbonyl (C=O) groups excluding carboxylic acids is 1.